The first kappa shape index (κ1) is 28.4. The predicted octanol–water partition coefficient (Wildman–Crippen LogP) is 3.32. The van der Waals surface area contributed by atoms with Crippen molar-refractivity contribution in [2.24, 2.45) is 0 Å². The number of piperazine rings is 2. The van der Waals surface area contributed by atoms with E-state index in [0.29, 0.717) is 43.6 Å². The number of nitrogens with zero attached hydrogens (tertiary/aromatic N) is 6. The number of anilines is 3. The Morgan fingerprint density at radius 3 is 1.82 bits per heavy atom. The third-order valence-electron chi connectivity index (χ3n) is 6.98. The highest BCUT2D eigenvalue weighted by Crippen LogP contribution is 2.38. The Bertz CT molecular complexity index is 1360. The molecule has 2 aliphatic heterocycles. The standard InChI is InChI=1S/C23H27F3N6O6S/c1-2-39(37,38)30-13-11-27(12-14-30)18-4-6-20(31(33)34)21(16-18)29-9-7-28(8-10-29)19-5-3-17(23(24,25)26)15-22(19)32(35)36/h3-6,15-16H,2,7-14H2,1H3. The Balaban J connectivity index is 1.52. The highest BCUT2D eigenvalue weighted by atomic mass is 32.2. The molecule has 0 radical (unpaired) electrons. The second-order valence-electron chi connectivity index (χ2n) is 9.15. The van der Waals surface area contributed by atoms with Crippen LogP contribution in [0.15, 0.2) is 36.4 Å². The largest absolute Gasteiger partial charge is 0.416 e. The van der Waals surface area contributed by atoms with E-state index in [4.69, 9.17) is 0 Å². The van der Waals surface area contributed by atoms with Gasteiger partial charge in [0.1, 0.15) is 11.4 Å². The van der Waals surface area contributed by atoms with Crippen LogP contribution >= 0.6 is 0 Å². The van der Waals surface area contributed by atoms with Crippen LogP contribution in [0, 0.1) is 20.2 Å². The van der Waals surface area contributed by atoms with Gasteiger partial charge in [-0.05, 0) is 31.2 Å². The molecule has 0 amide bonds. The number of halogens is 3. The number of alkyl halides is 3. The zero-order chi connectivity index (χ0) is 28.5. The van der Waals surface area contributed by atoms with Crippen LogP contribution in [0.4, 0.5) is 41.6 Å². The van der Waals surface area contributed by atoms with E-state index in [9.17, 15) is 41.8 Å². The minimum Gasteiger partial charge on any atom is -0.369 e. The van der Waals surface area contributed by atoms with Crippen molar-refractivity contribution in [2.75, 3.05) is 72.8 Å². The number of sulfonamides is 1. The Labute approximate surface area is 222 Å². The van der Waals surface area contributed by atoms with E-state index in [-0.39, 0.29) is 43.3 Å². The van der Waals surface area contributed by atoms with E-state index in [1.54, 1.807) is 28.9 Å². The van der Waals surface area contributed by atoms with Gasteiger partial charge in [-0.3, -0.25) is 20.2 Å². The van der Waals surface area contributed by atoms with Gasteiger partial charge in [0.2, 0.25) is 10.0 Å². The van der Waals surface area contributed by atoms with E-state index in [1.807, 2.05) is 4.90 Å². The average molecular weight is 573 g/mol. The van der Waals surface area contributed by atoms with Crippen LogP contribution in [0.5, 0.6) is 0 Å². The first-order valence-corrected chi connectivity index (χ1v) is 13.8. The van der Waals surface area contributed by atoms with Gasteiger partial charge >= 0.3 is 6.18 Å². The molecule has 212 valence electrons. The van der Waals surface area contributed by atoms with E-state index in [1.165, 1.54) is 10.4 Å². The summed E-state index contributed by atoms with van der Waals surface area (Å²) in [6.45, 7) is 3.89. The van der Waals surface area contributed by atoms with Crippen molar-refractivity contribution in [3.63, 3.8) is 0 Å². The second-order valence-corrected chi connectivity index (χ2v) is 11.4. The molecule has 4 rings (SSSR count). The van der Waals surface area contributed by atoms with Gasteiger partial charge in [-0.25, -0.2) is 8.42 Å². The van der Waals surface area contributed by atoms with Crippen molar-refractivity contribution in [1.29, 1.82) is 0 Å². The molecule has 0 spiro atoms. The third-order valence-corrected chi connectivity index (χ3v) is 8.86. The molecule has 2 aromatic carbocycles. The molecule has 0 unspecified atom stereocenters. The third kappa shape index (κ3) is 6.00. The van der Waals surface area contributed by atoms with Crippen LogP contribution < -0.4 is 14.7 Å². The van der Waals surface area contributed by atoms with E-state index in [2.05, 4.69) is 0 Å². The highest BCUT2D eigenvalue weighted by Gasteiger charge is 2.35. The van der Waals surface area contributed by atoms with Crippen LogP contribution in [0.25, 0.3) is 0 Å². The van der Waals surface area contributed by atoms with Gasteiger partial charge in [0.25, 0.3) is 11.4 Å². The van der Waals surface area contributed by atoms with Crippen LogP contribution in [-0.2, 0) is 16.2 Å². The highest BCUT2D eigenvalue weighted by molar-refractivity contribution is 7.89. The number of hydrogen-bond acceptors (Lipinski definition) is 9. The van der Waals surface area contributed by atoms with Crippen LogP contribution in [0.3, 0.4) is 0 Å². The zero-order valence-corrected chi connectivity index (χ0v) is 21.8. The minimum absolute atomic E-state index is 0.0102. The Hall–Kier alpha value is -3.66. The quantitative estimate of drug-likeness (QED) is 0.362. The van der Waals surface area contributed by atoms with Gasteiger partial charge in [0, 0.05) is 70.2 Å². The molecule has 16 heteroatoms. The fourth-order valence-corrected chi connectivity index (χ4v) is 5.91. The molecule has 2 saturated heterocycles. The van der Waals surface area contributed by atoms with Crippen molar-refractivity contribution in [1.82, 2.24) is 4.31 Å². The van der Waals surface area contributed by atoms with Gasteiger partial charge < -0.3 is 14.7 Å². The van der Waals surface area contributed by atoms with Gasteiger partial charge in [-0.2, -0.15) is 17.5 Å². The summed E-state index contributed by atoms with van der Waals surface area (Å²) >= 11 is 0. The summed E-state index contributed by atoms with van der Waals surface area (Å²) < 4.78 is 65.0. The maximum atomic E-state index is 13.1. The smallest absolute Gasteiger partial charge is 0.369 e. The topological polar surface area (TPSA) is 133 Å². The maximum Gasteiger partial charge on any atom is 0.416 e. The number of nitro groups is 2. The SMILES string of the molecule is CCS(=O)(=O)N1CCN(c2ccc([N+](=O)[O-])c(N3CCN(c4ccc(C(F)(F)F)cc4[N+](=O)[O-])CC3)c2)CC1. The molecule has 0 aromatic heterocycles. The molecule has 0 aliphatic carbocycles. The number of rotatable bonds is 7. The molecule has 0 N–H and O–H groups in total. The first-order valence-electron chi connectivity index (χ1n) is 12.2. The molecule has 0 bridgehead atoms. The van der Waals surface area contributed by atoms with Crippen molar-refractivity contribution in [2.45, 2.75) is 13.1 Å². The molecule has 2 fully saturated rings. The zero-order valence-electron chi connectivity index (χ0n) is 21.0. The molecule has 12 nitrogen and oxygen atoms in total. The molecular weight excluding hydrogens is 545 g/mol. The van der Waals surface area contributed by atoms with Gasteiger partial charge in [0.05, 0.1) is 21.2 Å². The van der Waals surface area contributed by atoms with Crippen molar-refractivity contribution < 1.29 is 31.4 Å². The summed E-state index contributed by atoms with van der Waals surface area (Å²) in [4.78, 5) is 27.3. The van der Waals surface area contributed by atoms with Crippen molar-refractivity contribution in [3.8, 4) is 0 Å². The summed E-state index contributed by atoms with van der Waals surface area (Å²) in [6, 6.07) is 7.09. The summed E-state index contributed by atoms with van der Waals surface area (Å²) in [5.74, 6) is 0.0102. The Morgan fingerprint density at radius 1 is 0.769 bits per heavy atom. The molecule has 2 heterocycles. The maximum absolute atomic E-state index is 13.1. The molecular formula is C23H27F3N6O6S. The fraction of sp³-hybridized carbons (Fsp3) is 0.478. The first-order chi connectivity index (χ1) is 18.3. The van der Waals surface area contributed by atoms with Crippen LogP contribution in [0.1, 0.15) is 12.5 Å². The molecule has 39 heavy (non-hydrogen) atoms. The molecule has 0 atom stereocenters. The minimum atomic E-state index is -4.72. The molecule has 2 aliphatic rings. The van der Waals surface area contributed by atoms with Gasteiger partial charge in [0.15, 0.2) is 0 Å². The summed E-state index contributed by atoms with van der Waals surface area (Å²) in [5.41, 5.74) is -0.795. The lowest BCUT2D eigenvalue weighted by Crippen LogP contribution is -2.49. The molecule has 2 aromatic rings. The van der Waals surface area contributed by atoms with Crippen molar-refractivity contribution >= 4 is 38.5 Å². The number of benzene rings is 2. The van der Waals surface area contributed by atoms with E-state index < -0.39 is 37.3 Å². The van der Waals surface area contributed by atoms with E-state index in [0.717, 1.165) is 12.1 Å². The van der Waals surface area contributed by atoms with Crippen LogP contribution in [0.2, 0.25) is 0 Å². The van der Waals surface area contributed by atoms with Crippen molar-refractivity contribution in [3.05, 3.63) is 62.2 Å². The normalized spacial score (nSPS) is 17.4. The summed E-state index contributed by atoms with van der Waals surface area (Å²) in [7, 11) is -3.31. The van der Waals surface area contributed by atoms with E-state index >= 15 is 0 Å². The lowest BCUT2D eigenvalue weighted by molar-refractivity contribution is -0.384. The number of nitro benzene ring substituents is 2. The lowest BCUT2D eigenvalue weighted by Gasteiger charge is -2.38. The number of hydrogen-bond donors (Lipinski definition) is 0. The Kier molecular flexibility index (Phi) is 7.88. The summed E-state index contributed by atoms with van der Waals surface area (Å²) in [5, 5.41) is 23.3. The fourth-order valence-electron chi connectivity index (χ4n) is 4.82. The lowest BCUT2D eigenvalue weighted by atomic mass is 10.1. The Morgan fingerprint density at radius 2 is 1.31 bits per heavy atom. The predicted molar refractivity (Wildman–Crippen MR) is 139 cm³/mol. The second kappa shape index (κ2) is 10.8. The summed E-state index contributed by atoms with van der Waals surface area (Å²) in [6.07, 6.45) is -4.72. The average Bonchev–Trinajstić information content (AvgIpc) is 2.92. The van der Waals surface area contributed by atoms with Gasteiger partial charge in [-0.1, -0.05) is 0 Å². The molecule has 0 saturated carbocycles. The monoisotopic (exact) mass is 572 g/mol. The van der Waals surface area contributed by atoms with Gasteiger partial charge in [-0.15, -0.1) is 0 Å². The van der Waals surface area contributed by atoms with Crippen LogP contribution in [-0.4, -0.2) is 80.7 Å².